The summed E-state index contributed by atoms with van der Waals surface area (Å²) in [6.07, 6.45) is 20.1. The SMILES string of the molecule is CCCCCCCCCCCCCCP(C)(C)(I)Cc1ccccc1. The van der Waals surface area contributed by atoms with E-state index in [1.54, 1.807) is 0 Å². The van der Waals surface area contributed by atoms with E-state index in [4.69, 9.17) is 0 Å². The number of hydrogen-bond donors (Lipinski definition) is 0. The number of rotatable bonds is 15. The second-order valence-corrected chi connectivity index (χ2v) is 24.4. The first-order valence-electron chi connectivity index (χ1n) is 10.7. The molecule has 0 aliphatic heterocycles. The van der Waals surface area contributed by atoms with Gasteiger partial charge in [0.15, 0.2) is 0 Å². The number of hydrogen-bond acceptors (Lipinski definition) is 0. The van der Waals surface area contributed by atoms with Crippen molar-refractivity contribution < 1.29 is 0 Å². The van der Waals surface area contributed by atoms with Gasteiger partial charge in [0, 0.05) is 0 Å². The molecule has 0 aromatic heterocycles. The number of halogens is 1. The quantitative estimate of drug-likeness (QED) is 0.135. The molecule has 146 valence electrons. The van der Waals surface area contributed by atoms with Crippen LogP contribution in [0.1, 0.15) is 89.5 Å². The normalized spacial score (nSPS) is 13.5. The van der Waals surface area contributed by atoms with Gasteiger partial charge < -0.3 is 0 Å². The van der Waals surface area contributed by atoms with Crippen molar-refractivity contribution in [2.24, 2.45) is 0 Å². The molecule has 0 amide bonds. The Balaban J connectivity index is 2.03. The summed E-state index contributed by atoms with van der Waals surface area (Å²) in [6, 6.07) is 11.1. The average molecular weight is 476 g/mol. The summed E-state index contributed by atoms with van der Waals surface area (Å²) in [5.41, 5.74) is 1.53. The van der Waals surface area contributed by atoms with Crippen LogP contribution in [0, 0.1) is 0 Å². The van der Waals surface area contributed by atoms with Crippen LogP contribution >= 0.6 is 26.3 Å². The van der Waals surface area contributed by atoms with Gasteiger partial charge in [-0.3, -0.25) is 0 Å². The summed E-state index contributed by atoms with van der Waals surface area (Å²) in [6.45, 7) is 7.43. The summed E-state index contributed by atoms with van der Waals surface area (Å²) in [5.74, 6) is 0. The zero-order valence-electron chi connectivity index (χ0n) is 17.1. The first kappa shape index (κ1) is 23.4. The van der Waals surface area contributed by atoms with E-state index >= 15 is 0 Å². The maximum absolute atomic E-state index is 2.84. The Labute approximate surface area is 171 Å². The fraction of sp³-hybridized carbons (Fsp3) is 0.739. The zero-order valence-corrected chi connectivity index (χ0v) is 20.2. The van der Waals surface area contributed by atoms with Crippen molar-refractivity contribution in [2.75, 3.05) is 19.5 Å². The molecule has 0 N–H and O–H groups in total. The molecule has 1 rings (SSSR count). The van der Waals surface area contributed by atoms with Gasteiger partial charge in [0.05, 0.1) is 0 Å². The topological polar surface area (TPSA) is 0 Å². The molecule has 25 heavy (non-hydrogen) atoms. The van der Waals surface area contributed by atoms with Crippen molar-refractivity contribution in [2.45, 2.75) is 90.1 Å². The molecule has 0 saturated heterocycles. The molecule has 1 aromatic carbocycles. The molecule has 0 heterocycles. The van der Waals surface area contributed by atoms with E-state index in [1.165, 1.54) is 94.9 Å². The van der Waals surface area contributed by atoms with Gasteiger partial charge in [0.1, 0.15) is 0 Å². The fourth-order valence-corrected chi connectivity index (χ4v) is 8.57. The molecule has 2 heteroatoms. The van der Waals surface area contributed by atoms with Crippen molar-refractivity contribution >= 4 is 26.3 Å². The predicted octanol–water partition coefficient (Wildman–Crippen LogP) is 9.05. The van der Waals surface area contributed by atoms with Crippen molar-refractivity contribution in [3.05, 3.63) is 35.9 Å². The zero-order chi connectivity index (χ0) is 18.5. The van der Waals surface area contributed by atoms with Crippen molar-refractivity contribution in [3.8, 4) is 0 Å². The fourth-order valence-electron chi connectivity index (χ4n) is 3.67. The van der Waals surface area contributed by atoms with E-state index in [0.717, 1.165) is 0 Å². The van der Waals surface area contributed by atoms with Crippen LogP contribution in [0.2, 0.25) is 0 Å². The van der Waals surface area contributed by atoms with Gasteiger partial charge in [-0.1, -0.05) is 13.3 Å². The van der Waals surface area contributed by atoms with Gasteiger partial charge in [0.2, 0.25) is 0 Å². The average Bonchev–Trinajstić information content (AvgIpc) is 2.56. The van der Waals surface area contributed by atoms with E-state index in [2.05, 4.69) is 72.6 Å². The van der Waals surface area contributed by atoms with E-state index in [1.807, 2.05) is 0 Å². The van der Waals surface area contributed by atoms with Gasteiger partial charge in [-0.25, -0.2) is 0 Å². The van der Waals surface area contributed by atoms with Gasteiger partial charge >= 0.3 is 158 Å². The molecule has 0 atom stereocenters. The molecule has 0 nitrogen and oxygen atoms in total. The van der Waals surface area contributed by atoms with Crippen LogP contribution in [0.15, 0.2) is 30.3 Å². The Kier molecular flexibility index (Phi) is 11.9. The maximum atomic E-state index is 2.84. The molecule has 0 saturated carbocycles. The van der Waals surface area contributed by atoms with Crippen LogP contribution < -0.4 is 0 Å². The third-order valence-electron chi connectivity index (χ3n) is 5.21. The molecule has 0 spiro atoms. The molecule has 1 aromatic rings. The minimum absolute atomic E-state index is 1.30. The van der Waals surface area contributed by atoms with E-state index in [9.17, 15) is 0 Å². The van der Waals surface area contributed by atoms with Crippen LogP contribution in [0.3, 0.4) is 0 Å². The van der Waals surface area contributed by atoms with Gasteiger partial charge in [0.25, 0.3) is 0 Å². The predicted molar refractivity (Wildman–Crippen MR) is 129 cm³/mol. The van der Waals surface area contributed by atoms with E-state index < -0.39 is 4.25 Å². The Bertz CT molecular complexity index is 432. The standard InChI is InChI=1S/C23H42IP/c1-4-5-6-7-8-9-10-11-12-13-14-18-21-25(2,3,24)22-23-19-16-15-17-20-23/h15-17,19-20H,4-14,18,21-22H2,1-3H3. The third kappa shape index (κ3) is 13.2. The van der Waals surface area contributed by atoms with E-state index in [-0.39, 0.29) is 0 Å². The Morgan fingerprint density at radius 3 is 1.60 bits per heavy atom. The second-order valence-electron chi connectivity index (χ2n) is 8.77. The summed E-state index contributed by atoms with van der Waals surface area (Å²) < 4.78 is -1.54. The molecular formula is C23H42IP. The molecular weight excluding hydrogens is 434 g/mol. The minimum atomic E-state index is -1.54. The molecule has 0 fully saturated rings. The monoisotopic (exact) mass is 476 g/mol. The Morgan fingerprint density at radius 1 is 0.680 bits per heavy atom. The van der Waals surface area contributed by atoms with E-state index in [0.29, 0.717) is 0 Å². The first-order chi connectivity index (χ1) is 11.9. The molecule has 0 bridgehead atoms. The molecule has 0 aliphatic carbocycles. The third-order valence-corrected chi connectivity index (χ3v) is 10.7. The first-order valence-corrected chi connectivity index (χ1v) is 17.0. The number of benzene rings is 1. The molecule has 0 radical (unpaired) electrons. The van der Waals surface area contributed by atoms with Crippen LogP contribution in [-0.2, 0) is 6.16 Å². The van der Waals surface area contributed by atoms with Crippen LogP contribution in [0.25, 0.3) is 0 Å². The summed E-state index contributed by atoms with van der Waals surface area (Å²) in [5, 5.41) is 0. The van der Waals surface area contributed by atoms with Crippen molar-refractivity contribution in [3.63, 3.8) is 0 Å². The molecule has 0 unspecified atom stereocenters. The van der Waals surface area contributed by atoms with Crippen molar-refractivity contribution in [1.82, 2.24) is 0 Å². The van der Waals surface area contributed by atoms with Gasteiger partial charge in [-0.05, 0) is 0 Å². The Hall–Kier alpha value is 0.380. The number of unbranched alkanes of at least 4 members (excludes halogenated alkanes) is 11. The van der Waals surface area contributed by atoms with Crippen LogP contribution in [-0.4, -0.2) is 19.5 Å². The van der Waals surface area contributed by atoms with Gasteiger partial charge in [-0.2, -0.15) is 0 Å². The summed E-state index contributed by atoms with van der Waals surface area (Å²) in [7, 11) is 0. The molecule has 0 aliphatic rings. The Morgan fingerprint density at radius 2 is 1.12 bits per heavy atom. The van der Waals surface area contributed by atoms with Gasteiger partial charge in [-0.15, -0.1) is 0 Å². The summed E-state index contributed by atoms with van der Waals surface area (Å²) in [4.78, 5) is 0. The second kappa shape index (κ2) is 12.7. The summed E-state index contributed by atoms with van der Waals surface area (Å²) >= 11 is 2.84. The van der Waals surface area contributed by atoms with Crippen LogP contribution in [0.5, 0.6) is 0 Å². The van der Waals surface area contributed by atoms with Crippen molar-refractivity contribution in [1.29, 1.82) is 0 Å². The van der Waals surface area contributed by atoms with Crippen LogP contribution in [0.4, 0.5) is 0 Å².